The molecule has 2 atom stereocenters. The Morgan fingerprint density at radius 2 is 2.24 bits per heavy atom. The Balaban J connectivity index is 2.39. The fraction of sp³-hybridized carbons (Fsp3) is 0.389. The van der Waals surface area contributed by atoms with Crippen molar-refractivity contribution in [2.24, 2.45) is 5.92 Å². The number of hydrogen-bond acceptors (Lipinski definition) is 3. The third-order valence-corrected chi connectivity index (χ3v) is 4.03. The fourth-order valence-electron chi connectivity index (χ4n) is 2.81. The van der Waals surface area contributed by atoms with Gasteiger partial charge in [-0.2, -0.15) is 0 Å². The minimum absolute atomic E-state index is 0.0206. The van der Waals surface area contributed by atoms with E-state index in [0.29, 0.717) is 12.5 Å². The Bertz CT molecular complexity index is 572. The second kappa shape index (κ2) is 6.72. The van der Waals surface area contributed by atoms with E-state index in [1.54, 1.807) is 6.20 Å². The number of aliphatic hydroxyl groups excluding tert-OH is 1. The van der Waals surface area contributed by atoms with Gasteiger partial charge in [0.05, 0.1) is 24.0 Å². The van der Waals surface area contributed by atoms with E-state index >= 15 is 0 Å². The number of aliphatic hydroxyl groups is 1. The number of nitrogens with one attached hydrogen (secondary N) is 1. The van der Waals surface area contributed by atoms with E-state index in [1.165, 1.54) is 16.7 Å². The third kappa shape index (κ3) is 3.82. The van der Waals surface area contributed by atoms with Crippen LogP contribution in [0.5, 0.6) is 0 Å². The van der Waals surface area contributed by atoms with E-state index in [4.69, 9.17) is 0 Å². The molecule has 1 heterocycles. The number of allylic oxidation sites excluding steroid dienone is 2. The van der Waals surface area contributed by atoms with Gasteiger partial charge in [0.15, 0.2) is 0 Å². The lowest BCUT2D eigenvalue weighted by Gasteiger charge is -2.28. The van der Waals surface area contributed by atoms with Crippen molar-refractivity contribution in [3.8, 4) is 0 Å². The maximum absolute atomic E-state index is 9.41. The Kier molecular flexibility index (Phi) is 4.97. The standard InChI is InChI=1S/C18H24N2O/c1-12-9-13(2)15(4)16(10-12)18(20-11-14(3)21)17-7-5-6-8-19-17/h5-8,10,13,18,20-21H,3,9,11H2,1-2,4H3/t13?,18-/m0/s1. The van der Waals surface area contributed by atoms with Gasteiger partial charge >= 0.3 is 0 Å². The maximum Gasteiger partial charge on any atom is 0.0989 e. The van der Waals surface area contributed by atoms with Crippen LogP contribution in [0.25, 0.3) is 0 Å². The predicted octanol–water partition coefficient (Wildman–Crippen LogP) is 4.09. The quantitative estimate of drug-likeness (QED) is 0.801. The van der Waals surface area contributed by atoms with E-state index in [1.807, 2.05) is 18.2 Å². The summed E-state index contributed by atoms with van der Waals surface area (Å²) in [6.45, 7) is 10.5. The number of pyridine rings is 1. The van der Waals surface area contributed by atoms with Crippen LogP contribution in [0.4, 0.5) is 0 Å². The van der Waals surface area contributed by atoms with Crippen LogP contribution in [0.3, 0.4) is 0 Å². The lowest BCUT2D eigenvalue weighted by atomic mass is 9.82. The number of nitrogens with zero attached hydrogens (tertiary/aromatic N) is 1. The lowest BCUT2D eigenvalue weighted by Crippen LogP contribution is -2.27. The summed E-state index contributed by atoms with van der Waals surface area (Å²) >= 11 is 0. The zero-order chi connectivity index (χ0) is 15.4. The predicted molar refractivity (Wildman–Crippen MR) is 87.0 cm³/mol. The summed E-state index contributed by atoms with van der Waals surface area (Å²) in [6, 6.07) is 5.90. The van der Waals surface area contributed by atoms with Crippen molar-refractivity contribution < 1.29 is 5.11 Å². The maximum atomic E-state index is 9.41. The minimum atomic E-state index is -0.0206. The molecule has 0 bridgehead atoms. The Labute approximate surface area is 127 Å². The second-order valence-corrected chi connectivity index (χ2v) is 5.87. The topological polar surface area (TPSA) is 45.1 Å². The molecule has 3 nitrogen and oxygen atoms in total. The summed E-state index contributed by atoms with van der Waals surface area (Å²) in [4.78, 5) is 4.48. The molecule has 1 aliphatic rings. The molecule has 21 heavy (non-hydrogen) atoms. The normalized spacial score (nSPS) is 20.1. The van der Waals surface area contributed by atoms with Gasteiger partial charge in [-0.1, -0.05) is 36.8 Å². The molecule has 0 fully saturated rings. The molecule has 2 N–H and O–H groups in total. The Hall–Kier alpha value is -1.87. The van der Waals surface area contributed by atoms with Crippen LogP contribution in [0.2, 0.25) is 0 Å². The van der Waals surface area contributed by atoms with Crippen molar-refractivity contribution in [3.63, 3.8) is 0 Å². The molecule has 0 aromatic carbocycles. The average molecular weight is 284 g/mol. The van der Waals surface area contributed by atoms with Gasteiger partial charge in [0.25, 0.3) is 0 Å². The van der Waals surface area contributed by atoms with Crippen LogP contribution in [-0.2, 0) is 0 Å². The molecule has 0 spiro atoms. The molecule has 0 radical (unpaired) electrons. The molecule has 3 heteroatoms. The smallest absolute Gasteiger partial charge is 0.0989 e. The zero-order valence-corrected chi connectivity index (χ0v) is 13.1. The monoisotopic (exact) mass is 284 g/mol. The summed E-state index contributed by atoms with van der Waals surface area (Å²) in [5.41, 5.74) is 4.98. The van der Waals surface area contributed by atoms with Crippen molar-refractivity contribution in [3.05, 3.63) is 65.2 Å². The second-order valence-electron chi connectivity index (χ2n) is 5.87. The van der Waals surface area contributed by atoms with Crippen LogP contribution in [0.1, 0.15) is 38.9 Å². The van der Waals surface area contributed by atoms with Crippen LogP contribution < -0.4 is 5.32 Å². The molecule has 0 saturated carbocycles. The van der Waals surface area contributed by atoms with Crippen LogP contribution >= 0.6 is 0 Å². The third-order valence-electron chi connectivity index (χ3n) is 4.03. The highest BCUT2D eigenvalue weighted by atomic mass is 16.3. The first kappa shape index (κ1) is 15.5. The first-order chi connectivity index (χ1) is 9.99. The van der Waals surface area contributed by atoms with Crippen molar-refractivity contribution in [2.75, 3.05) is 6.54 Å². The summed E-state index contributed by atoms with van der Waals surface area (Å²) in [7, 11) is 0. The molecule has 1 aromatic rings. The summed E-state index contributed by atoms with van der Waals surface area (Å²) in [6.07, 6.45) is 5.16. The Morgan fingerprint density at radius 1 is 1.48 bits per heavy atom. The highest BCUT2D eigenvalue weighted by Gasteiger charge is 2.23. The fourth-order valence-corrected chi connectivity index (χ4v) is 2.81. The number of rotatable bonds is 5. The van der Waals surface area contributed by atoms with E-state index in [0.717, 1.165) is 12.1 Å². The summed E-state index contributed by atoms with van der Waals surface area (Å²) in [5.74, 6) is 0.675. The van der Waals surface area contributed by atoms with Gasteiger partial charge in [-0.15, -0.1) is 0 Å². The SMILES string of the molecule is C=C(O)CN[C@@H](C1=C(C)C(C)CC(C)=C1)c1ccccn1. The highest BCUT2D eigenvalue weighted by molar-refractivity contribution is 5.40. The molecule has 0 amide bonds. The molecule has 112 valence electrons. The molecule has 1 aromatic heterocycles. The molecule has 2 rings (SSSR count). The van der Waals surface area contributed by atoms with Crippen LogP contribution in [-0.4, -0.2) is 16.6 Å². The molecule has 0 saturated heterocycles. The largest absolute Gasteiger partial charge is 0.512 e. The van der Waals surface area contributed by atoms with Gasteiger partial charge in [0.2, 0.25) is 0 Å². The van der Waals surface area contributed by atoms with E-state index in [-0.39, 0.29) is 11.8 Å². The molecule has 1 aliphatic carbocycles. The molecular weight excluding hydrogens is 260 g/mol. The van der Waals surface area contributed by atoms with Gasteiger partial charge < -0.3 is 5.11 Å². The minimum Gasteiger partial charge on any atom is -0.512 e. The average Bonchev–Trinajstić information content (AvgIpc) is 2.45. The van der Waals surface area contributed by atoms with Gasteiger partial charge in [0, 0.05) is 6.20 Å². The molecule has 1 unspecified atom stereocenters. The van der Waals surface area contributed by atoms with Crippen molar-refractivity contribution in [1.29, 1.82) is 0 Å². The molecular formula is C18H24N2O. The first-order valence-corrected chi connectivity index (χ1v) is 7.38. The molecule has 0 aliphatic heterocycles. The van der Waals surface area contributed by atoms with Gasteiger partial charge in [-0.05, 0) is 43.9 Å². The van der Waals surface area contributed by atoms with E-state index in [2.05, 4.69) is 43.7 Å². The van der Waals surface area contributed by atoms with E-state index < -0.39 is 0 Å². The summed E-state index contributed by atoms with van der Waals surface area (Å²) < 4.78 is 0. The highest BCUT2D eigenvalue weighted by Crippen LogP contribution is 2.35. The zero-order valence-electron chi connectivity index (χ0n) is 13.1. The number of hydrogen-bond donors (Lipinski definition) is 2. The number of aromatic nitrogens is 1. The first-order valence-electron chi connectivity index (χ1n) is 7.38. The Morgan fingerprint density at radius 3 is 2.86 bits per heavy atom. The van der Waals surface area contributed by atoms with Crippen LogP contribution in [0.15, 0.2) is 59.5 Å². The van der Waals surface area contributed by atoms with Crippen molar-refractivity contribution in [1.82, 2.24) is 10.3 Å². The van der Waals surface area contributed by atoms with E-state index in [9.17, 15) is 5.11 Å². The summed E-state index contributed by atoms with van der Waals surface area (Å²) in [5, 5.41) is 12.8. The lowest BCUT2D eigenvalue weighted by molar-refractivity contribution is 0.384. The van der Waals surface area contributed by atoms with Gasteiger partial charge in [-0.3, -0.25) is 10.3 Å². The van der Waals surface area contributed by atoms with Crippen LogP contribution in [0, 0.1) is 5.92 Å². The van der Waals surface area contributed by atoms with Crippen molar-refractivity contribution in [2.45, 2.75) is 33.2 Å². The van der Waals surface area contributed by atoms with Crippen molar-refractivity contribution >= 4 is 0 Å². The van der Waals surface area contributed by atoms with Gasteiger partial charge in [0.1, 0.15) is 0 Å². The van der Waals surface area contributed by atoms with Gasteiger partial charge in [-0.25, -0.2) is 0 Å².